The third kappa shape index (κ3) is 8.62. The average molecular weight is 497 g/mol. The second kappa shape index (κ2) is 13.9. The van der Waals surface area contributed by atoms with Crippen LogP contribution in [0.25, 0.3) is 10.2 Å². The van der Waals surface area contributed by atoms with E-state index in [1.807, 2.05) is 24.3 Å². The molecule has 0 aliphatic heterocycles. The van der Waals surface area contributed by atoms with Crippen LogP contribution >= 0.6 is 23.1 Å². The van der Waals surface area contributed by atoms with E-state index in [1.54, 1.807) is 0 Å². The molecular formula is C25H40N2O2S3. The van der Waals surface area contributed by atoms with Gasteiger partial charge in [-0.05, 0) is 50.0 Å². The number of sulfonamides is 1. The van der Waals surface area contributed by atoms with Crippen molar-refractivity contribution in [1.82, 2.24) is 9.71 Å². The Morgan fingerprint density at radius 1 is 0.938 bits per heavy atom. The van der Waals surface area contributed by atoms with Gasteiger partial charge in [0.1, 0.15) is 0 Å². The molecule has 7 heteroatoms. The van der Waals surface area contributed by atoms with E-state index in [0.717, 1.165) is 35.9 Å². The number of unbranched alkanes of at least 4 members (excludes halogenated alkanes) is 9. The van der Waals surface area contributed by atoms with Gasteiger partial charge in [0.2, 0.25) is 4.34 Å². The first-order valence-corrected chi connectivity index (χ1v) is 15.9. The van der Waals surface area contributed by atoms with Crippen LogP contribution in [-0.2, 0) is 10.0 Å². The minimum Gasteiger partial charge on any atom is -0.224 e. The molecule has 1 saturated carbocycles. The van der Waals surface area contributed by atoms with E-state index in [0.29, 0.717) is 5.25 Å². The second-order valence-corrected chi connectivity index (χ2v) is 13.4. The highest BCUT2D eigenvalue weighted by atomic mass is 32.2. The molecular weight excluding hydrogens is 456 g/mol. The summed E-state index contributed by atoms with van der Waals surface area (Å²) < 4.78 is 29.6. The predicted molar refractivity (Wildman–Crippen MR) is 140 cm³/mol. The number of thiazole rings is 1. The lowest BCUT2D eigenvalue weighted by Crippen LogP contribution is -2.38. The van der Waals surface area contributed by atoms with Crippen molar-refractivity contribution in [1.29, 1.82) is 0 Å². The molecule has 4 nitrogen and oxygen atoms in total. The van der Waals surface area contributed by atoms with E-state index < -0.39 is 10.0 Å². The third-order valence-electron chi connectivity index (χ3n) is 6.35. The lowest BCUT2D eigenvalue weighted by atomic mass is 9.96. The fraction of sp³-hybridized carbons (Fsp3) is 0.720. The zero-order chi connectivity index (χ0) is 22.7. The molecule has 2 aromatic rings. The number of para-hydroxylation sites is 1. The number of benzene rings is 1. The van der Waals surface area contributed by atoms with Gasteiger partial charge in [-0.1, -0.05) is 76.8 Å². The molecule has 0 radical (unpaired) electrons. The number of rotatable bonds is 15. The van der Waals surface area contributed by atoms with Crippen molar-refractivity contribution in [3.8, 4) is 0 Å². The van der Waals surface area contributed by atoms with Gasteiger partial charge in [-0.25, -0.2) is 18.1 Å². The van der Waals surface area contributed by atoms with Gasteiger partial charge >= 0.3 is 0 Å². The summed E-state index contributed by atoms with van der Waals surface area (Å²) in [5.74, 6) is 1.25. The maximum atomic E-state index is 12.8. The fourth-order valence-corrected chi connectivity index (χ4v) is 8.28. The molecule has 1 aliphatic rings. The standard InChI is InChI=1S/C25H40N2O2S3/c1-2-3-4-5-6-7-8-9-10-13-20-30-22-18-16-21(17-19-22)27-32(28,29)25-26-23-14-11-12-15-24(23)31-25/h11-12,14-15,21-22,27H,2-10,13,16-20H2,1H3. The minimum atomic E-state index is -3.53. The molecule has 1 N–H and O–H groups in total. The number of nitrogens with one attached hydrogen (secondary N) is 1. The summed E-state index contributed by atoms with van der Waals surface area (Å²) in [6.45, 7) is 2.27. The summed E-state index contributed by atoms with van der Waals surface area (Å²) >= 11 is 3.36. The van der Waals surface area contributed by atoms with Crippen molar-refractivity contribution in [3.05, 3.63) is 24.3 Å². The SMILES string of the molecule is CCCCCCCCCCCCSC1CCC(NS(=O)(=O)c2nc3ccccc3s2)CC1. The van der Waals surface area contributed by atoms with Crippen LogP contribution in [0.3, 0.4) is 0 Å². The number of aromatic nitrogens is 1. The van der Waals surface area contributed by atoms with Crippen LogP contribution in [0, 0.1) is 0 Å². The number of fused-ring (bicyclic) bond motifs is 1. The molecule has 0 saturated heterocycles. The van der Waals surface area contributed by atoms with Gasteiger partial charge in [0.25, 0.3) is 10.0 Å². The maximum absolute atomic E-state index is 12.8. The first kappa shape index (κ1) is 26.0. The summed E-state index contributed by atoms with van der Waals surface area (Å²) in [7, 11) is -3.53. The van der Waals surface area contributed by atoms with Gasteiger partial charge in [0, 0.05) is 11.3 Å². The van der Waals surface area contributed by atoms with Crippen LogP contribution in [0.15, 0.2) is 28.6 Å². The van der Waals surface area contributed by atoms with Crippen molar-refractivity contribution in [2.24, 2.45) is 0 Å². The second-order valence-electron chi connectivity index (χ2n) is 9.10. The Bertz CT molecular complexity index is 856. The molecule has 0 amide bonds. The normalized spacial score (nSPS) is 19.5. The van der Waals surface area contributed by atoms with Crippen molar-refractivity contribution in [2.45, 2.75) is 112 Å². The molecule has 0 bridgehead atoms. The summed E-state index contributed by atoms with van der Waals surface area (Å²) in [4.78, 5) is 4.32. The zero-order valence-corrected chi connectivity index (χ0v) is 22.0. The lowest BCUT2D eigenvalue weighted by Gasteiger charge is -2.28. The Morgan fingerprint density at radius 2 is 1.56 bits per heavy atom. The zero-order valence-electron chi connectivity index (χ0n) is 19.6. The highest BCUT2D eigenvalue weighted by molar-refractivity contribution is 7.99. The van der Waals surface area contributed by atoms with Crippen LogP contribution < -0.4 is 4.72 Å². The lowest BCUT2D eigenvalue weighted by molar-refractivity contribution is 0.419. The van der Waals surface area contributed by atoms with Crippen molar-refractivity contribution >= 4 is 43.3 Å². The van der Waals surface area contributed by atoms with Crippen molar-refractivity contribution in [3.63, 3.8) is 0 Å². The van der Waals surface area contributed by atoms with Crippen LogP contribution in [0.5, 0.6) is 0 Å². The quantitative estimate of drug-likeness (QED) is 0.259. The van der Waals surface area contributed by atoms with Crippen molar-refractivity contribution in [2.75, 3.05) is 5.75 Å². The molecule has 1 aromatic heterocycles. The fourth-order valence-electron chi connectivity index (χ4n) is 4.42. The summed E-state index contributed by atoms with van der Waals surface area (Å²) in [5, 5.41) is 0.691. The largest absolute Gasteiger partial charge is 0.268 e. The van der Waals surface area contributed by atoms with Crippen LogP contribution in [0.1, 0.15) is 96.8 Å². The Balaban J connectivity index is 1.25. The Morgan fingerprint density at radius 3 is 2.22 bits per heavy atom. The monoisotopic (exact) mass is 496 g/mol. The van der Waals surface area contributed by atoms with E-state index >= 15 is 0 Å². The van der Waals surface area contributed by atoms with Gasteiger partial charge in [0.05, 0.1) is 10.2 Å². The first-order chi connectivity index (χ1) is 15.6. The number of hydrogen-bond acceptors (Lipinski definition) is 5. The van der Waals surface area contributed by atoms with Gasteiger partial charge in [0.15, 0.2) is 0 Å². The van der Waals surface area contributed by atoms with Crippen LogP contribution in [0.2, 0.25) is 0 Å². The van der Waals surface area contributed by atoms with E-state index in [2.05, 4.69) is 28.4 Å². The molecule has 1 fully saturated rings. The van der Waals surface area contributed by atoms with Gasteiger partial charge in [-0.3, -0.25) is 0 Å². The molecule has 0 unspecified atom stereocenters. The van der Waals surface area contributed by atoms with E-state index in [1.165, 1.54) is 81.3 Å². The molecule has 1 aliphatic carbocycles. The predicted octanol–water partition coefficient (Wildman–Crippen LogP) is 7.54. The van der Waals surface area contributed by atoms with Crippen LogP contribution in [0.4, 0.5) is 0 Å². The topological polar surface area (TPSA) is 59.1 Å². The molecule has 1 heterocycles. The Labute approximate surface area is 203 Å². The smallest absolute Gasteiger partial charge is 0.224 e. The summed E-state index contributed by atoms with van der Waals surface area (Å²) in [5.41, 5.74) is 0.755. The first-order valence-electron chi connectivity index (χ1n) is 12.6. The number of thioether (sulfide) groups is 1. The Kier molecular flexibility index (Phi) is 11.3. The van der Waals surface area contributed by atoms with Gasteiger partial charge < -0.3 is 0 Å². The number of hydrogen-bond donors (Lipinski definition) is 1. The summed E-state index contributed by atoms with van der Waals surface area (Å²) in [6.07, 6.45) is 17.9. The highest BCUT2D eigenvalue weighted by Crippen LogP contribution is 2.31. The molecule has 32 heavy (non-hydrogen) atoms. The van der Waals surface area contributed by atoms with E-state index in [9.17, 15) is 8.42 Å². The molecule has 0 atom stereocenters. The average Bonchev–Trinajstić information content (AvgIpc) is 3.24. The van der Waals surface area contributed by atoms with E-state index in [4.69, 9.17) is 0 Å². The molecule has 1 aromatic carbocycles. The van der Waals surface area contributed by atoms with Crippen LogP contribution in [-0.4, -0.2) is 30.4 Å². The van der Waals surface area contributed by atoms with Gasteiger partial charge in [-0.2, -0.15) is 11.8 Å². The minimum absolute atomic E-state index is 0.0428. The third-order valence-corrected chi connectivity index (χ3v) is 10.8. The molecule has 3 rings (SSSR count). The summed E-state index contributed by atoms with van der Waals surface area (Å²) in [6, 6.07) is 7.63. The number of nitrogens with zero attached hydrogens (tertiary/aromatic N) is 1. The maximum Gasteiger partial charge on any atom is 0.268 e. The van der Waals surface area contributed by atoms with Crippen molar-refractivity contribution < 1.29 is 8.42 Å². The highest BCUT2D eigenvalue weighted by Gasteiger charge is 2.27. The van der Waals surface area contributed by atoms with Gasteiger partial charge in [-0.15, -0.1) is 11.3 Å². The van der Waals surface area contributed by atoms with E-state index in [-0.39, 0.29) is 10.4 Å². The molecule has 0 spiro atoms. The molecule has 180 valence electrons. The Hall–Kier alpha value is -0.630.